The number of benzene rings is 1. The molecule has 0 unspecified atom stereocenters. The van der Waals surface area contributed by atoms with E-state index < -0.39 is 0 Å². The number of hydrogen-bond acceptors (Lipinski definition) is 4. The number of nitrogens with two attached hydrogens (primary N) is 1. The minimum Gasteiger partial charge on any atom is -0.375 e. The van der Waals surface area contributed by atoms with Crippen LogP contribution in [-0.4, -0.2) is 40.8 Å². The first kappa shape index (κ1) is 14.3. The van der Waals surface area contributed by atoms with Crippen molar-refractivity contribution < 1.29 is 0 Å². The van der Waals surface area contributed by atoms with E-state index in [9.17, 15) is 0 Å². The van der Waals surface area contributed by atoms with E-state index in [1.807, 2.05) is 11.8 Å². The quantitative estimate of drug-likeness (QED) is 0.499. The van der Waals surface area contributed by atoms with E-state index in [1.165, 1.54) is 30.2 Å². The Bertz CT molecular complexity index is 438. The molecule has 102 valence electrons. The highest BCUT2D eigenvalue weighted by Gasteiger charge is 2.10. The maximum atomic E-state index is 5.28. The first-order valence-corrected chi connectivity index (χ1v) is 7.78. The van der Waals surface area contributed by atoms with Crippen molar-refractivity contribution in [3.63, 3.8) is 0 Å². The summed E-state index contributed by atoms with van der Waals surface area (Å²) < 4.78 is 0. The van der Waals surface area contributed by atoms with Crippen LogP contribution < -0.4 is 11.2 Å². The molecule has 1 fully saturated rings. The number of thioether (sulfide) groups is 1. The lowest BCUT2D eigenvalue weighted by Gasteiger charge is -2.26. The molecule has 4 nitrogen and oxygen atoms in total. The first-order chi connectivity index (χ1) is 9.24. The van der Waals surface area contributed by atoms with Gasteiger partial charge in [-0.3, -0.25) is 10.3 Å². The summed E-state index contributed by atoms with van der Waals surface area (Å²) in [5.41, 5.74) is 10.2. The largest absolute Gasteiger partial charge is 0.375 e. The van der Waals surface area contributed by atoms with Crippen molar-refractivity contribution in [3.05, 3.63) is 35.4 Å². The van der Waals surface area contributed by atoms with E-state index in [4.69, 9.17) is 5.73 Å². The fourth-order valence-corrected chi connectivity index (χ4v) is 2.93. The van der Waals surface area contributed by atoms with Crippen LogP contribution in [0.2, 0.25) is 0 Å². The molecular weight excluding hydrogens is 276 g/mol. The monoisotopic (exact) mass is 294 g/mol. The van der Waals surface area contributed by atoms with Gasteiger partial charge in [0.15, 0.2) is 5.11 Å². The van der Waals surface area contributed by atoms with E-state index in [2.05, 4.69) is 51.9 Å². The van der Waals surface area contributed by atoms with Gasteiger partial charge in [0, 0.05) is 31.1 Å². The van der Waals surface area contributed by atoms with Crippen LogP contribution in [0.25, 0.3) is 0 Å². The fourth-order valence-electron chi connectivity index (χ4n) is 1.90. The van der Waals surface area contributed by atoms with Crippen molar-refractivity contribution in [1.82, 2.24) is 10.3 Å². The minimum absolute atomic E-state index is 0.177. The lowest BCUT2D eigenvalue weighted by molar-refractivity contribution is 0.294. The SMILES string of the molecule is NC(=S)NN=Cc1ccc(CN2CCSCC2)cc1. The third-order valence-corrected chi connectivity index (χ3v) is 3.91. The summed E-state index contributed by atoms with van der Waals surface area (Å²) >= 11 is 6.70. The Morgan fingerprint density at radius 1 is 1.37 bits per heavy atom. The Morgan fingerprint density at radius 2 is 2.05 bits per heavy atom. The van der Waals surface area contributed by atoms with Crippen LogP contribution in [0.15, 0.2) is 29.4 Å². The zero-order valence-corrected chi connectivity index (χ0v) is 12.3. The van der Waals surface area contributed by atoms with E-state index in [-0.39, 0.29) is 5.11 Å². The lowest BCUT2D eigenvalue weighted by Crippen LogP contribution is -2.31. The van der Waals surface area contributed by atoms with Gasteiger partial charge < -0.3 is 5.73 Å². The van der Waals surface area contributed by atoms with Crippen LogP contribution in [0.5, 0.6) is 0 Å². The topological polar surface area (TPSA) is 53.6 Å². The molecule has 1 aliphatic rings. The van der Waals surface area contributed by atoms with E-state index in [1.54, 1.807) is 6.21 Å². The summed E-state index contributed by atoms with van der Waals surface area (Å²) in [5.74, 6) is 2.49. The second-order valence-electron chi connectivity index (χ2n) is 4.36. The van der Waals surface area contributed by atoms with Crippen LogP contribution in [-0.2, 0) is 6.54 Å². The van der Waals surface area contributed by atoms with Gasteiger partial charge in [0.25, 0.3) is 0 Å². The molecule has 0 atom stereocenters. The Labute approximate surface area is 123 Å². The normalized spacial score (nSPS) is 16.6. The zero-order chi connectivity index (χ0) is 13.5. The second-order valence-corrected chi connectivity index (χ2v) is 6.03. The Balaban J connectivity index is 1.86. The van der Waals surface area contributed by atoms with Gasteiger partial charge in [0.05, 0.1) is 6.21 Å². The number of thiocarbonyl (C=S) groups is 1. The van der Waals surface area contributed by atoms with Gasteiger partial charge in [0.1, 0.15) is 0 Å². The van der Waals surface area contributed by atoms with Crippen LogP contribution in [0, 0.1) is 0 Å². The highest BCUT2D eigenvalue weighted by Crippen LogP contribution is 2.13. The maximum Gasteiger partial charge on any atom is 0.184 e. The molecular formula is C13H18N4S2. The van der Waals surface area contributed by atoms with Crippen molar-refractivity contribution >= 4 is 35.3 Å². The smallest absolute Gasteiger partial charge is 0.184 e. The average molecular weight is 294 g/mol. The van der Waals surface area contributed by atoms with Gasteiger partial charge >= 0.3 is 0 Å². The number of hydrogen-bond donors (Lipinski definition) is 2. The number of nitrogens with zero attached hydrogens (tertiary/aromatic N) is 2. The Hall–Kier alpha value is -1.11. The van der Waals surface area contributed by atoms with Gasteiger partial charge in [-0.25, -0.2) is 0 Å². The van der Waals surface area contributed by atoms with Gasteiger partial charge in [-0.15, -0.1) is 0 Å². The third kappa shape index (κ3) is 5.18. The van der Waals surface area contributed by atoms with Crippen molar-refractivity contribution in [2.75, 3.05) is 24.6 Å². The molecule has 1 aliphatic heterocycles. The predicted molar refractivity (Wildman–Crippen MR) is 86.6 cm³/mol. The maximum absolute atomic E-state index is 5.28. The minimum atomic E-state index is 0.177. The molecule has 0 aromatic heterocycles. The van der Waals surface area contributed by atoms with E-state index in [0.29, 0.717) is 0 Å². The zero-order valence-electron chi connectivity index (χ0n) is 10.7. The molecule has 1 aromatic carbocycles. The summed E-state index contributed by atoms with van der Waals surface area (Å²) in [5, 5.41) is 4.11. The van der Waals surface area contributed by atoms with Gasteiger partial charge in [0.2, 0.25) is 0 Å². The number of nitrogens with one attached hydrogen (secondary N) is 1. The molecule has 1 aromatic rings. The summed E-state index contributed by atoms with van der Waals surface area (Å²) in [7, 11) is 0. The number of hydrazone groups is 1. The summed E-state index contributed by atoms with van der Waals surface area (Å²) in [6.45, 7) is 3.40. The summed E-state index contributed by atoms with van der Waals surface area (Å²) in [6, 6.07) is 8.39. The Morgan fingerprint density at radius 3 is 2.68 bits per heavy atom. The molecule has 0 saturated carbocycles. The molecule has 0 bridgehead atoms. The van der Waals surface area contributed by atoms with Crippen LogP contribution >= 0.6 is 24.0 Å². The highest BCUT2D eigenvalue weighted by molar-refractivity contribution is 7.99. The molecule has 0 radical (unpaired) electrons. The van der Waals surface area contributed by atoms with Crippen LogP contribution in [0.3, 0.4) is 0 Å². The predicted octanol–water partition coefficient (Wildman–Crippen LogP) is 1.40. The molecule has 6 heteroatoms. The second kappa shape index (κ2) is 7.47. The van der Waals surface area contributed by atoms with Crippen molar-refractivity contribution in [2.24, 2.45) is 10.8 Å². The van der Waals surface area contributed by atoms with Crippen molar-refractivity contribution in [2.45, 2.75) is 6.54 Å². The third-order valence-electron chi connectivity index (χ3n) is 2.88. The Kier molecular flexibility index (Phi) is 5.62. The molecule has 19 heavy (non-hydrogen) atoms. The molecule has 1 saturated heterocycles. The average Bonchev–Trinajstić information content (AvgIpc) is 2.42. The molecule has 2 rings (SSSR count). The van der Waals surface area contributed by atoms with E-state index in [0.717, 1.165) is 12.1 Å². The van der Waals surface area contributed by atoms with Crippen LogP contribution in [0.1, 0.15) is 11.1 Å². The van der Waals surface area contributed by atoms with Gasteiger partial charge in [-0.05, 0) is 23.3 Å². The van der Waals surface area contributed by atoms with Crippen molar-refractivity contribution in [3.8, 4) is 0 Å². The lowest BCUT2D eigenvalue weighted by atomic mass is 10.1. The fraction of sp³-hybridized carbons (Fsp3) is 0.385. The molecule has 1 heterocycles. The molecule has 3 N–H and O–H groups in total. The van der Waals surface area contributed by atoms with Gasteiger partial charge in [-0.1, -0.05) is 24.3 Å². The standard InChI is InChI=1S/C13H18N4S2/c14-13(18)16-15-9-11-1-3-12(4-2-11)10-17-5-7-19-8-6-17/h1-4,9H,5-8,10H2,(H3,14,16,18). The van der Waals surface area contributed by atoms with Crippen molar-refractivity contribution in [1.29, 1.82) is 0 Å². The summed E-state index contributed by atoms with van der Waals surface area (Å²) in [6.07, 6.45) is 1.71. The first-order valence-electron chi connectivity index (χ1n) is 6.21. The highest BCUT2D eigenvalue weighted by atomic mass is 32.2. The molecule has 0 amide bonds. The summed E-state index contributed by atoms with van der Waals surface area (Å²) in [4.78, 5) is 2.49. The molecule has 0 spiro atoms. The molecule has 0 aliphatic carbocycles. The van der Waals surface area contributed by atoms with Crippen LogP contribution in [0.4, 0.5) is 0 Å². The van der Waals surface area contributed by atoms with E-state index >= 15 is 0 Å². The van der Waals surface area contributed by atoms with Gasteiger partial charge in [-0.2, -0.15) is 16.9 Å². The number of rotatable bonds is 4.